The van der Waals surface area contributed by atoms with Crippen LogP contribution < -0.4 is 0 Å². The smallest absolute Gasteiger partial charge is 0.0149 e. The van der Waals surface area contributed by atoms with Crippen LogP contribution in [0.5, 0.6) is 0 Å². The molecule has 2 aliphatic rings. The summed E-state index contributed by atoms with van der Waals surface area (Å²) in [6.45, 7) is 16.2. The van der Waals surface area contributed by atoms with Crippen LogP contribution in [0.3, 0.4) is 0 Å². The Bertz CT molecular complexity index is 316. The molecule has 0 aromatic heterocycles. The number of hydrogen-bond acceptors (Lipinski definition) is 0. The van der Waals surface area contributed by atoms with Crippen LogP contribution in [0.4, 0.5) is 0 Å². The van der Waals surface area contributed by atoms with Crippen molar-refractivity contribution in [3.8, 4) is 0 Å². The highest BCUT2D eigenvalue weighted by Gasteiger charge is 2.64. The SMILES string of the molecule is C=C(C)C1CC(C(C)CCC(C)CC)C2CC12C. The van der Waals surface area contributed by atoms with E-state index in [1.54, 1.807) is 0 Å². The van der Waals surface area contributed by atoms with Gasteiger partial charge in [-0.2, -0.15) is 0 Å². The number of fused-ring (bicyclic) bond motifs is 1. The second-order valence-corrected chi connectivity index (χ2v) is 7.68. The van der Waals surface area contributed by atoms with Crippen molar-refractivity contribution >= 4 is 0 Å². The predicted octanol–water partition coefficient (Wildman–Crippen LogP) is 5.69. The van der Waals surface area contributed by atoms with Gasteiger partial charge in [0.2, 0.25) is 0 Å². The first-order valence-corrected chi connectivity index (χ1v) is 8.05. The van der Waals surface area contributed by atoms with Gasteiger partial charge in [0.1, 0.15) is 0 Å². The number of hydrogen-bond donors (Lipinski definition) is 0. The Morgan fingerprint density at radius 3 is 2.50 bits per heavy atom. The Hall–Kier alpha value is -0.260. The van der Waals surface area contributed by atoms with Crippen LogP contribution in [0, 0.1) is 35.0 Å². The van der Waals surface area contributed by atoms with Gasteiger partial charge >= 0.3 is 0 Å². The summed E-state index contributed by atoms with van der Waals surface area (Å²) in [5, 5.41) is 0. The fourth-order valence-electron chi connectivity index (χ4n) is 4.52. The lowest BCUT2D eigenvalue weighted by Gasteiger charge is -2.24. The van der Waals surface area contributed by atoms with Crippen molar-refractivity contribution in [3.05, 3.63) is 12.2 Å². The molecule has 0 spiro atoms. The van der Waals surface area contributed by atoms with Crippen LogP contribution in [0.1, 0.15) is 66.7 Å². The van der Waals surface area contributed by atoms with Crippen molar-refractivity contribution in [2.45, 2.75) is 66.7 Å². The van der Waals surface area contributed by atoms with E-state index in [-0.39, 0.29) is 0 Å². The van der Waals surface area contributed by atoms with Gasteiger partial charge in [0.25, 0.3) is 0 Å². The van der Waals surface area contributed by atoms with Crippen molar-refractivity contribution in [2.75, 3.05) is 0 Å². The summed E-state index contributed by atoms with van der Waals surface area (Å²) in [5.74, 6) is 4.66. The molecule has 0 radical (unpaired) electrons. The van der Waals surface area contributed by atoms with Gasteiger partial charge in [-0.15, -0.1) is 0 Å². The normalized spacial score (nSPS) is 41.3. The minimum Gasteiger partial charge on any atom is -0.0998 e. The second-order valence-electron chi connectivity index (χ2n) is 7.68. The fraction of sp³-hybridized carbons (Fsp3) is 0.889. The van der Waals surface area contributed by atoms with Crippen LogP contribution >= 0.6 is 0 Å². The highest BCUT2D eigenvalue weighted by atomic mass is 14.7. The first-order valence-electron chi connectivity index (χ1n) is 8.05. The molecule has 18 heavy (non-hydrogen) atoms. The van der Waals surface area contributed by atoms with E-state index in [1.165, 1.54) is 37.7 Å². The molecule has 0 aliphatic heterocycles. The van der Waals surface area contributed by atoms with Crippen molar-refractivity contribution in [1.29, 1.82) is 0 Å². The van der Waals surface area contributed by atoms with E-state index in [1.807, 2.05) is 0 Å². The van der Waals surface area contributed by atoms with E-state index >= 15 is 0 Å². The average Bonchev–Trinajstić information content (AvgIpc) is 2.90. The number of allylic oxidation sites excluding steroid dienone is 1. The summed E-state index contributed by atoms with van der Waals surface area (Å²) >= 11 is 0. The second kappa shape index (κ2) is 5.02. The average molecular weight is 248 g/mol. The molecular formula is C18H32. The molecule has 0 nitrogen and oxygen atoms in total. The zero-order chi connectivity index (χ0) is 13.5. The first-order chi connectivity index (χ1) is 8.40. The van der Waals surface area contributed by atoms with Crippen molar-refractivity contribution < 1.29 is 0 Å². The van der Waals surface area contributed by atoms with Crippen LogP contribution in [0.25, 0.3) is 0 Å². The lowest BCUT2D eigenvalue weighted by atomic mass is 9.81. The molecule has 2 rings (SSSR count). The van der Waals surface area contributed by atoms with Crippen LogP contribution in [0.2, 0.25) is 0 Å². The third kappa shape index (κ3) is 2.40. The molecular weight excluding hydrogens is 216 g/mol. The maximum absolute atomic E-state index is 4.24. The Labute approximate surface area is 114 Å². The molecule has 0 aromatic rings. The Balaban J connectivity index is 1.90. The summed E-state index contributed by atoms with van der Waals surface area (Å²) in [4.78, 5) is 0. The van der Waals surface area contributed by atoms with Gasteiger partial charge in [-0.25, -0.2) is 0 Å². The molecule has 0 heteroatoms. The monoisotopic (exact) mass is 248 g/mol. The first kappa shape index (κ1) is 14.2. The van der Waals surface area contributed by atoms with E-state index in [0.717, 1.165) is 29.6 Å². The standard InChI is InChI=1S/C18H32/c1-7-13(4)8-9-14(5)15-10-16(12(2)3)18(6)11-17(15)18/h13-17H,2,7-11H2,1,3-6H3. The molecule has 6 atom stereocenters. The molecule has 2 saturated carbocycles. The molecule has 0 aromatic carbocycles. The molecule has 0 heterocycles. The molecule has 0 N–H and O–H groups in total. The van der Waals surface area contributed by atoms with Crippen LogP contribution in [0.15, 0.2) is 12.2 Å². The maximum Gasteiger partial charge on any atom is -0.0149 e. The highest BCUT2D eigenvalue weighted by molar-refractivity contribution is 5.20. The molecule has 2 fully saturated rings. The predicted molar refractivity (Wildman–Crippen MR) is 80.5 cm³/mol. The lowest BCUT2D eigenvalue weighted by Crippen LogP contribution is -2.14. The molecule has 2 aliphatic carbocycles. The zero-order valence-corrected chi connectivity index (χ0v) is 13.1. The van der Waals surface area contributed by atoms with Gasteiger partial charge in [-0.05, 0) is 54.8 Å². The van der Waals surface area contributed by atoms with Crippen LogP contribution in [-0.4, -0.2) is 0 Å². The third-order valence-electron chi connectivity index (χ3n) is 6.30. The van der Waals surface area contributed by atoms with Gasteiger partial charge in [0.05, 0.1) is 0 Å². The lowest BCUT2D eigenvalue weighted by molar-refractivity contribution is 0.278. The van der Waals surface area contributed by atoms with Crippen LogP contribution in [-0.2, 0) is 0 Å². The van der Waals surface area contributed by atoms with Crippen molar-refractivity contribution in [2.24, 2.45) is 35.0 Å². The summed E-state index contributed by atoms with van der Waals surface area (Å²) in [7, 11) is 0. The van der Waals surface area contributed by atoms with Crippen molar-refractivity contribution in [1.82, 2.24) is 0 Å². The summed E-state index contributed by atoms with van der Waals surface area (Å²) in [6, 6.07) is 0. The largest absolute Gasteiger partial charge is 0.0998 e. The Morgan fingerprint density at radius 1 is 1.33 bits per heavy atom. The van der Waals surface area contributed by atoms with E-state index < -0.39 is 0 Å². The zero-order valence-electron chi connectivity index (χ0n) is 13.1. The maximum atomic E-state index is 4.24. The Kier molecular flexibility index (Phi) is 3.95. The molecule has 0 amide bonds. The molecule has 6 unspecified atom stereocenters. The van der Waals surface area contributed by atoms with Gasteiger partial charge in [0, 0.05) is 0 Å². The van der Waals surface area contributed by atoms with E-state index in [0.29, 0.717) is 5.41 Å². The van der Waals surface area contributed by atoms with E-state index in [9.17, 15) is 0 Å². The summed E-state index contributed by atoms with van der Waals surface area (Å²) < 4.78 is 0. The minimum absolute atomic E-state index is 0.640. The quantitative estimate of drug-likeness (QED) is 0.530. The third-order valence-corrected chi connectivity index (χ3v) is 6.30. The van der Waals surface area contributed by atoms with Gasteiger partial charge in [-0.3, -0.25) is 0 Å². The number of rotatable bonds is 6. The van der Waals surface area contributed by atoms with Gasteiger partial charge in [-0.1, -0.05) is 59.1 Å². The fourth-order valence-corrected chi connectivity index (χ4v) is 4.52. The van der Waals surface area contributed by atoms with E-state index in [2.05, 4.69) is 41.2 Å². The van der Waals surface area contributed by atoms with E-state index in [4.69, 9.17) is 0 Å². The molecule has 0 saturated heterocycles. The molecule has 0 bridgehead atoms. The topological polar surface area (TPSA) is 0 Å². The van der Waals surface area contributed by atoms with Crippen molar-refractivity contribution in [3.63, 3.8) is 0 Å². The summed E-state index contributed by atoms with van der Waals surface area (Å²) in [6.07, 6.45) is 7.11. The van der Waals surface area contributed by atoms with Gasteiger partial charge in [0.15, 0.2) is 0 Å². The highest BCUT2D eigenvalue weighted by Crippen LogP contribution is 2.71. The molecule has 104 valence electrons. The van der Waals surface area contributed by atoms with Gasteiger partial charge < -0.3 is 0 Å². The Morgan fingerprint density at radius 2 is 2.00 bits per heavy atom. The minimum atomic E-state index is 0.640. The summed E-state index contributed by atoms with van der Waals surface area (Å²) in [5.41, 5.74) is 2.08.